The molecule has 1 atom stereocenters. The molecule has 2 aromatic rings. The maximum absolute atomic E-state index is 14.1. The van der Waals surface area contributed by atoms with E-state index in [2.05, 4.69) is 10.2 Å². The molecule has 5 heteroatoms. The van der Waals surface area contributed by atoms with Crippen molar-refractivity contribution in [1.82, 2.24) is 4.90 Å². The van der Waals surface area contributed by atoms with E-state index in [0.29, 0.717) is 11.3 Å². The maximum atomic E-state index is 14.1. The third kappa shape index (κ3) is 3.43. The quantitative estimate of drug-likeness (QED) is 0.884. The minimum Gasteiger partial charge on any atom is -0.439 e. The number of nitrogens with one attached hydrogen (secondary N) is 1. The van der Waals surface area contributed by atoms with Gasteiger partial charge in [-0.3, -0.25) is 5.32 Å². The summed E-state index contributed by atoms with van der Waals surface area (Å²) in [4.78, 5) is 14.6. The van der Waals surface area contributed by atoms with Gasteiger partial charge in [0.25, 0.3) is 0 Å². The van der Waals surface area contributed by atoms with Crippen LogP contribution in [0, 0.1) is 11.7 Å². The minimum atomic E-state index is -0.477. The Bertz CT molecular complexity index is 814. The Morgan fingerprint density at radius 1 is 1.08 bits per heavy atom. The molecule has 0 spiro atoms. The number of carbonyl (C=O) groups excluding carboxylic acids is 1. The molecule has 3 saturated heterocycles. The summed E-state index contributed by atoms with van der Waals surface area (Å²) in [5.74, 6) is 0.00896. The zero-order valence-electron chi connectivity index (χ0n) is 14.4. The first-order chi connectivity index (χ1) is 12.7. The van der Waals surface area contributed by atoms with E-state index >= 15 is 0 Å². The van der Waals surface area contributed by atoms with Crippen molar-refractivity contribution in [3.8, 4) is 0 Å². The highest BCUT2D eigenvalue weighted by molar-refractivity contribution is 5.84. The summed E-state index contributed by atoms with van der Waals surface area (Å²) >= 11 is 0. The lowest BCUT2D eigenvalue weighted by atomic mass is 9.82. The van der Waals surface area contributed by atoms with Crippen LogP contribution in [0.4, 0.5) is 14.9 Å². The first-order valence-electron chi connectivity index (χ1n) is 8.94. The zero-order chi connectivity index (χ0) is 17.9. The molecular weight excluding hydrogens is 331 g/mol. The summed E-state index contributed by atoms with van der Waals surface area (Å²) in [6.45, 7) is 1.84. The van der Waals surface area contributed by atoms with E-state index in [0.717, 1.165) is 31.6 Å². The second-order valence-electron chi connectivity index (χ2n) is 6.73. The number of piperidine rings is 3. The van der Waals surface area contributed by atoms with Crippen LogP contribution in [0.3, 0.4) is 0 Å². The first kappa shape index (κ1) is 16.6. The average molecular weight is 352 g/mol. The molecule has 1 amide bonds. The van der Waals surface area contributed by atoms with Crippen molar-refractivity contribution < 1.29 is 13.9 Å². The van der Waals surface area contributed by atoms with Gasteiger partial charge in [0, 0.05) is 30.3 Å². The fourth-order valence-electron chi connectivity index (χ4n) is 3.75. The van der Waals surface area contributed by atoms with E-state index in [-0.39, 0.29) is 17.8 Å². The molecule has 0 aromatic heterocycles. The SMILES string of the molecule is O=C(Nc1ccccc1)OC1C(=Cc2ccccc2F)N2CCC1CC2. The molecule has 0 aliphatic carbocycles. The number of anilines is 1. The van der Waals surface area contributed by atoms with Crippen molar-refractivity contribution >= 4 is 17.9 Å². The van der Waals surface area contributed by atoms with E-state index in [1.807, 2.05) is 42.5 Å². The van der Waals surface area contributed by atoms with Gasteiger partial charge in [0.1, 0.15) is 11.9 Å². The molecule has 2 bridgehead atoms. The molecule has 2 aromatic carbocycles. The normalized spacial score (nSPS) is 23.1. The predicted molar refractivity (Wildman–Crippen MR) is 99.0 cm³/mol. The summed E-state index contributed by atoms with van der Waals surface area (Å²) in [6, 6.07) is 15.9. The van der Waals surface area contributed by atoms with Crippen LogP contribution in [0.1, 0.15) is 18.4 Å². The molecule has 5 rings (SSSR count). The highest BCUT2D eigenvalue weighted by Crippen LogP contribution is 2.38. The van der Waals surface area contributed by atoms with E-state index in [4.69, 9.17) is 4.74 Å². The van der Waals surface area contributed by atoms with Gasteiger partial charge in [0.05, 0.1) is 5.70 Å². The standard InChI is InChI=1S/C21H21FN2O2/c22-18-9-5-4-6-16(18)14-19-20(15-10-12-24(19)13-11-15)26-21(25)23-17-7-2-1-3-8-17/h1-9,14-15,20H,10-13H2,(H,23,25). The summed E-state index contributed by atoms with van der Waals surface area (Å²) in [6.07, 6.45) is 2.96. The summed E-state index contributed by atoms with van der Waals surface area (Å²) < 4.78 is 19.9. The van der Waals surface area contributed by atoms with E-state index < -0.39 is 6.09 Å². The van der Waals surface area contributed by atoms with Crippen LogP contribution in [0.2, 0.25) is 0 Å². The van der Waals surface area contributed by atoms with E-state index in [9.17, 15) is 9.18 Å². The largest absolute Gasteiger partial charge is 0.439 e. The van der Waals surface area contributed by atoms with Gasteiger partial charge in [-0.15, -0.1) is 0 Å². The van der Waals surface area contributed by atoms with Crippen molar-refractivity contribution in [3.05, 3.63) is 71.7 Å². The van der Waals surface area contributed by atoms with Crippen molar-refractivity contribution in [1.29, 1.82) is 0 Å². The van der Waals surface area contributed by atoms with Crippen LogP contribution in [-0.4, -0.2) is 30.2 Å². The van der Waals surface area contributed by atoms with Gasteiger partial charge in [0.2, 0.25) is 0 Å². The van der Waals surface area contributed by atoms with E-state index in [1.54, 1.807) is 12.1 Å². The monoisotopic (exact) mass is 352 g/mol. The van der Waals surface area contributed by atoms with Crippen LogP contribution in [-0.2, 0) is 4.74 Å². The Morgan fingerprint density at radius 3 is 2.50 bits per heavy atom. The number of carbonyl (C=O) groups is 1. The molecule has 3 aliphatic rings. The van der Waals surface area contributed by atoms with E-state index in [1.165, 1.54) is 6.07 Å². The van der Waals surface area contributed by atoms with Gasteiger partial charge < -0.3 is 9.64 Å². The van der Waals surface area contributed by atoms with Crippen molar-refractivity contribution in [2.45, 2.75) is 18.9 Å². The van der Waals surface area contributed by atoms with Crippen LogP contribution in [0.25, 0.3) is 6.08 Å². The smallest absolute Gasteiger partial charge is 0.412 e. The Kier molecular flexibility index (Phi) is 4.61. The third-order valence-electron chi connectivity index (χ3n) is 5.09. The van der Waals surface area contributed by atoms with Gasteiger partial charge >= 0.3 is 6.09 Å². The van der Waals surface area contributed by atoms with Gasteiger partial charge in [-0.2, -0.15) is 0 Å². The number of para-hydroxylation sites is 1. The molecule has 3 aliphatic heterocycles. The second-order valence-corrected chi connectivity index (χ2v) is 6.73. The van der Waals surface area contributed by atoms with Crippen LogP contribution < -0.4 is 5.32 Å². The summed E-state index contributed by atoms with van der Waals surface area (Å²) in [5.41, 5.74) is 2.10. The van der Waals surface area contributed by atoms with Gasteiger partial charge in [-0.1, -0.05) is 36.4 Å². The van der Waals surface area contributed by atoms with Crippen molar-refractivity contribution in [3.63, 3.8) is 0 Å². The number of amides is 1. The molecule has 134 valence electrons. The highest BCUT2D eigenvalue weighted by Gasteiger charge is 2.40. The van der Waals surface area contributed by atoms with Gasteiger partial charge in [-0.05, 0) is 37.1 Å². The molecule has 0 saturated carbocycles. The Hall–Kier alpha value is -2.82. The number of halogens is 1. The molecule has 1 unspecified atom stereocenters. The van der Waals surface area contributed by atoms with Crippen LogP contribution in [0.15, 0.2) is 60.3 Å². The number of nitrogens with zero attached hydrogens (tertiary/aromatic N) is 1. The molecule has 3 fully saturated rings. The summed E-state index contributed by atoms with van der Waals surface area (Å²) in [7, 11) is 0. The number of hydrogen-bond acceptors (Lipinski definition) is 3. The number of rotatable bonds is 3. The predicted octanol–water partition coefficient (Wildman–Crippen LogP) is 4.51. The molecule has 3 heterocycles. The Balaban J connectivity index is 1.56. The lowest BCUT2D eigenvalue weighted by Crippen LogP contribution is -2.50. The fraction of sp³-hybridized carbons (Fsp3) is 0.286. The number of hydrogen-bond donors (Lipinski definition) is 1. The topological polar surface area (TPSA) is 41.6 Å². The van der Waals surface area contributed by atoms with Gasteiger partial charge in [0.15, 0.2) is 0 Å². The number of ether oxygens (including phenoxy) is 1. The lowest BCUT2D eigenvalue weighted by molar-refractivity contribution is 0.0103. The zero-order valence-corrected chi connectivity index (χ0v) is 14.4. The molecule has 1 N–H and O–H groups in total. The minimum absolute atomic E-state index is 0.268. The molecule has 0 radical (unpaired) electrons. The molecular formula is C21H21FN2O2. The first-order valence-corrected chi connectivity index (χ1v) is 8.94. The molecule has 4 nitrogen and oxygen atoms in total. The highest BCUT2D eigenvalue weighted by atomic mass is 19.1. The lowest BCUT2D eigenvalue weighted by Gasteiger charge is -2.47. The van der Waals surface area contributed by atoms with Crippen molar-refractivity contribution in [2.75, 3.05) is 18.4 Å². The second kappa shape index (κ2) is 7.20. The average Bonchev–Trinajstić information content (AvgIpc) is 2.67. The molecule has 26 heavy (non-hydrogen) atoms. The Labute approximate surface area is 152 Å². The van der Waals surface area contributed by atoms with Crippen molar-refractivity contribution in [2.24, 2.45) is 5.92 Å². The third-order valence-corrected chi connectivity index (χ3v) is 5.09. The van der Waals surface area contributed by atoms with Crippen LogP contribution >= 0.6 is 0 Å². The maximum Gasteiger partial charge on any atom is 0.412 e. The van der Waals surface area contributed by atoms with Crippen LogP contribution in [0.5, 0.6) is 0 Å². The fourth-order valence-corrected chi connectivity index (χ4v) is 3.75. The van der Waals surface area contributed by atoms with Gasteiger partial charge in [-0.25, -0.2) is 9.18 Å². The Morgan fingerprint density at radius 2 is 1.77 bits per heavy atom. The summed E-state index contributed by atoms with van der Waals surface area (Å²) in [5, 5.41) is 2.76. The number of fused-ring (bicyclic) bond motifs is 3. The number of benzene rings is 2.